The summed E-state index contributed by atoms with van der Waals surface area (Å²) in [5.74, 6) is 0.558. The Labute approximate surface area is 119 Å². The van der Waals surface area contributed by atoms with Gasteiger partial charge >= 0.3 is 0 Å². The first-order valence-electron chi connectivity index (χ1n) is 6.90. The molecule has 110 valence electrons. The van der Waals surface area contributed by atoms with Crippen LogP contribution in [0.5, 0.6) is 5.75 Å². The van der Waals surface area contributed by atoms with Gasteiger partial charge in [-0.25, -0.2) is 4.39 Å². The fourth-order valence-corrected chi connectivity index (χ4v) is 2.39. The molecule has 1 saturated heterocycles. The molecule has 1 aromatic rings. The summed E-state index contributed by atoms with van der Waals surface area (Å²) in [7, 11) is 1.57. The molecule has 0 N–H and O–H groups in total. The van der Waals surface area contributed by atoms with Gasteiger partial charge in [0, 0.05) is 38.2 Å². The van der Waals surface area contributed by atoms with Gasteiger partial charge in [0.15, 0.2) is 0 Å². The van der Waals surface area contributed by atoms with Crippen LogP contribution in [0.15, 0.2) is 18.2 Å². The molecule has 0 spiro atoms. The molecular formula is C15H21FN2O2. The van der Waals surface area contributed by atoms with E-state index in [0.717, 1.165) is 0 Å². The number of carbonyl (C=O) groups is 1. The summed E-state index contributed by atoms with van der Waals surface area (Å²) < 4.78 is 19.0. The normalized spacial score (nSPS) is 15.7. The zero-order chi connectivity index (χ0) is 14.7. The zero-order valence-corrected chi connectivity index (χ0v) is 12.2. The van der Waals surface area contributed by atoms with Crippen LogP contribution in [0.3, 0.4) is 0 Å². The number of benzene rings is 1. The van der Waals surface area contributed by atoms with E-state index in [2.05, 4.69) is 0 Å². The fourth-order valence-electron chi connectivity index (χ4n) is 2.39. The highest BCUT2D eigenvalue weighted by Gasteiger charge is 2.24. The summed E-state index contributed by atoms with van der Waals surface area (Å²) >= 11 is 0. The van der Waals surface area contributed by atoms with Gasteiger partial charge in [0.1, 0.15) is 11.6 Å². The molecule has 0 bridgehead atoms. The highest BCUT2D eigenvalue weighted by atomic mass is 19.1. The third-order valence-electron chi connectivity index (χ3n) is 3.58. The molecule has 20 heavy (non-hydrogen) atoms. The lowest BCUT2D eigenvalue weighted by Gasteiger charge is -2.37. The van der Waals surface area contributed by atoms with E-state index in [1.54, 1.807) is 19.2 Å². The van der Waals surface area contributed by atoms with Gasteiger partial charge in [-0.2, -0.15) is 0 Å². The van der Waals surface area contributed by atoms with Crippen molar-refractivity contribution < 1.29 is 13.9 Å². The predicted octanol–water partition coefficient (Wildman–Crippen LogP) is 2.14. The molecule has 2 rings (SSSR count). The molecule has 1 amide bonds. The Morgan fingerprint density at radius 3 is 2.45 bits per heavy atom. The molecule has 1 heterocycles. The molecule has 0 aromatic heterocycles. The topological polar surface area (TPSA) is 32.8 Å². The molecule has 5 heteroatoms. The minimum atomic E-state index is -0.255. The van der Waals surface area contributed by atoms with Crippen LogP contribution in [0.1, 0.15) is 13.8 Å². The van der Waals surface area contributed by atoms with Crippen molar-refractivity contribution in [3.63, 3.8) is 0 Å². The van der Waals surface area contributed by atoms with Crippen molar-refractivity contribution >= 4 is 11.6 Å². The number of methoxy groups -OCH3 is 1. The molecule has 1 fully saturated rings. The van der Waals surface area contributed by atoms with E-state index >= 15 is 0 Å². The minimum Gasteiger partial charge on any atom is -0.497 e. The molecule has 0 atom stereocenters. The van der Waals surface area contributed by atoms with Gasteiger partial charge in [0.25, 0.3) is 0 Å². The summed E-state index contributed by atoms with van der Waals surface area (Å²) in [6.45, 7) is 6.35. The Hall–Kier alpha value is -1.78. The molecular weight excluding hydrogens is 259 g/mol. The van der Waals surface area contributed by atoms with Crippen LogP contribution in [0.2, 0.25) is 0 Å². The zero-order valence-electron chi connectivity index (χ0n) is 12.2. The Morgan fingerprint density at radius 1 is 1.25 bits per heavy atom. The van der Waals surface area contributed by atoms with Gasteiger partial charge in [-0.15, -0.1) is 0 Å². The van der Waals surface area contributed by atoms with Crippen molar-refractivity contribution in [1.82, 2.24) is 4.90 Å². The van der Waals surface area contributed by atoms with Crippen LogP contribution in [0, 0.1) is 11.7 Å². The molecule has 1 aliphatic rings. The summed E-state index contributed by atoms with van der Waals surface area (Å²) in [5.41, 5.74) is 0.543. The summed E-state index contributed by atoms with van der Waals surface area (Å²) in [4.78, 5) is 15.7. The van der Waals surface area contributed by atoms with Crippen LogP contribution < -0.4 is 9.64 Å². The first kappa shape index (κ1) is 14.6. The third-order valence-corrected chi connectivity index (χ3v) is 3.58. The second kappa shape index (κ2) is 6.11. The smallest absolute Gasteiger partial charge is 0.225 e. The van der Waals surface area contributed by atoms with Crippen LogP contribution in [0.4, 0.5) is 10.1 Å². The maximum atomic E-state index is 13.9. The van der Waals surface area contributed by atoms with Crippen molar-refractivity contribution in [3.8, 4) is 5.75 Å². The first-order chi connectivity index (χ1) is 9.52. The van der Waals surface area contributed by atoms with Crippen molar-refractivity contribution in [2.75, 3.05) is 38.2 Å². The second-order valence-corrected chi connectivity index (χ2v) is 5.28. The average Bonchev–Trinajstić information content (AvgIpc) is 2.47. The van der Waals surface area contributed by atoms with E-state index in [0.29, 0.717) is 37.6 Å². The van der Waals surface area contributed by atoms with Gasteiger partial charge in [-0.05, 0) is 12.1 Å². The van der Waals surface area contributed by atoms with Crippen LogP contribution in [-0.4, -0.2) is 44.1 Å². The fraction of sp³-hybridized carbons (Fsp3) is 0.533. The summed E-state index contributed by atoms with van der Waals surface area (Å²) in [6.07, 6.45) is 0. The van der Waals surface area contributed by atoms with Gasteiger partial charge in [-0.1, -0.05) is 13.8 Å². The summed E-state index contributed by atoms with van der Waals surface area (Å²) in [6, 6.07) is 4.73. The highest BCUT2D eigenvalue weighted by Crippen LogP contribution is 2.26. The van der Waals surface area contributed by atoms with Gasteiger partial charge in [-0.3, -0.25) is 4.79 Å². The number of halogens is 1. The minimum absolute atomic E-state index is 0.00936. The Bertz CT molecular complexity index is 483. The largest absolute Gasteiger partial charge is 0.497 e. The number of ether oxygens (including phenoxy) is 1. The van der Waals surface area contributed by atoms with E-state index < -0.39 is 0 Å². The quantitative estimate of drug-likeness (QED) is 0.850. The lowest BCUT2D eigenvalue weighted by atomic mass is 10.1. The number of carbonyl (C=O) groups excluding carboxylic acids is 1. The number of nitrogens with zero attached hydrogens (tertiary/aromatic N) is 2. The Morgan fingerprint density at radius 2 is 1.90 bits per heavy atom. The van der Waals surface area contributed by atoms with Crippen LogP contribution in [-0.2, 0) is 4.79 Å². The molecule has 0 saturated carbocycles. The SMILES string of the molecule is COc1ccc(F)c(N2CCN(C(=O)C(C)C)CC2)c1. The first-order valence-corrected chi connectivity index (χ1v) is 6.90. The lowest BCUT2D eigenvalue weighted by Crippen LogP contribution is -2.50. The number of amides is 1. The number of anilines is 1. The van der Waals surface area contributed by atoms with E-state index in [1.807, 2.05) is 23.6 Å². The maximum Gasteiger partial charge on any atom is 0.225 e. The van der Waals surface area contributed by atoms with E-state index in [-0.39, 0.29) is 17.6 Å². The number of rotatable bonds is 3. The molecule has 1 aliphatic heterocycles. The van der Waals surface area contributed by atoms with Crippen molar-refractivity contribution in [2.24, 2.45) is 5.92 Å². The maximum absolute atomic E-state index is 13.9. The van der Waals surface area contributed by atoms with Crippen LogP contribution >= 0.6 is 0 Å². The molecule has 0 aliphatic carbocycles. The lowest BCUT2D eigenvalue weighted by molar-refractivity contribution is -0.134. The Kier molecular flexibility index (Phi) is 4.47. The number of hydrogen-bond acceptors (Lipinski definition) is 3. The summed E-state index contributed by atoms with van der Waals surface area (Å²) in [5, 5.41) is 0. The Balaban J connectivity index is 2.05. The van der Waals surface area contributed by atoms with E-state index in [4.69, 9.17) is 4.74 Å². The molecule has 0 radical (unpaired) electrons. The van der Waals surface area contributed by atoms with Crippen molar-refractivity contribution in [2.45, 2.75) is 13.8 Å². The predicted molar refractivity (Wildman–Crippen MR) is 76.6 cm³/mol. The van der Waals surface area contributed by atoms with E-state index in [9.17, 15) is 9.18 Å². The third kappa shape index (κ3) is 3.03. The van der Waals surface area contributed by atoms with Crippen molar-refractivity contribution in [3.05, 3.63) is 24.0 Å². The van der Waals surface area contributed by atoms with Gasteiger partial charge < -0.3 is 14.5 Å². The van der Waals surface area contributed by atoms with Crippen LogP contribution in [0.25, 0.3) is 0 Å². The highest BCUT2D eigenvalue weighted by molar-refractivity contribution is 5.78. The van der Waals surface area contributed by atoms with Gasteiger partial charge in [0.05, 0.1) is 12.8 Å². The molecule has 1 aromatic carbocycles. The van der Waals surface area contributed by atoms with E-state index in [1.165, 1.54) is 6.07 Å². The second-order valence-electron chi connectivity index (χ2n) is 5.28. The average molecular weight is 280 g/mol. The number of hydrogen-bond donors (Lipinski definition) is 0. The molecule has 0 unspecified atom stereocenters. The van der Waals surface area contributed by atoms with Crippen molar-refractivity contribution in [1.29, 1.82) is 0 Å². The standard InChI is InChI=1S/C15H21FN2O2/c1-11(2)15(19)18-8-6-17(7-9-18)14-10-12(20-3)4-5-13(14)16/h4-5,10-11H,6-9H2,1-3H3. The number of piperazine rings is 1. The monoisotopic (exact) mass is 280 g/mol. The molecule has 4 nitrogen and oxygen atoms in total. The van der Waals surface area contributed by atoms with Gasteiger partial charge in [0.2, 0.25) is 5.91 Å².